The van der Waals surface area contributed by atoms with Crippen LogP contribution in [0.4, 0.5) is 5.69 Å². The molecule has 118 valence electrons. The predicted octanol–water partition coefficient (Wildman–Crippen LogP) is 2.71. The molecule has 24 heavy (non-hydrogen) atoms. The van der Waals surface area contributed by atoms with E-state index in [9.17, 15) is 14.4 Å². The number of amides is 2. The molecule has 1 N–H and O–H groups in total. The van der Waals surface area contributed by atoms with Crippen LogP contribution in [0, 0.1) is 0 Å². The van der Waals surface area contributed by atoms with Crippen LogP contribution in [0.5, 0.6) is 0 Å². The molecule has 5 heteroatoms. The third kappa shape index (κ3) is 2.22. The highest BCUT2D eigenvalue weighted by atomic mass is 16.2. The zero-order valence-electron chi connectivity index (χ0n) is 12.7. The number of benzene rings is 2. The quantitative estimate of drug-likeness (QED) is 0.866. The Morgan fingerprint density at radius 2 is 1.79 bits per heavy atom. The SMILES string of the molecule is O=Cc1ccc(C2=CN3C(=O)c4ccccc4NC(=O)[C@@H]3C2)cc1. The molecule has 0 radical (unpaired) electrons. The minimum atomic E-state index is -0.550. The van der Waals surface area contributed by atoms with E-state index in [4.69, 9.17) is 0 Å². The summed E-state index contributed by atoms with van der Waals surface area (Å²) in [4.78, 5) is 37.5. The van der Waals surface area contributed by atoms with Gasteiger partial charge >= 0.3 is 0 Å². The van der Waals surface area contributed by atoms with Crippen LogP contribution < -0.4 is 5.32 Å². The van der Waals surface area contributed by atoms with Crippen molar-refractivity contribution in [1.29, 1.82) is 0 Å². The lowest BCUT2D eigenvalue weighted by atomic mass is 10.0. The van der Waals surface area contributed by atoms with Gasteiger partial charge in [0, 0.05) is 18.2 Å². The third-order valence-electron chi connectivity index (χ3n) is 4.41. The van der Waals surface area contributed by atoms with Gasteiger partial charge in [-0.15, -0.1) is 0 Å². The minimum absolute atomic E-state index is 0.187. The van der Waals surface area contributed by atoms with E-state index in [1.165, 1.54) is 4.90 Å². The lowest BCUT2D eigenvalue weighted by Gasteiger charge is -2.18. The van der Waals surface area contributed by atoms with E-state index in [1.54, 1.807) is 42.6 Å². The standard InChI is InChI=1S/C19H14N2O3/c22-11-12-5-7-13(8-6-12)14-9-17-18(23)20-16-4-2-1-3-15(16)19(24)21(17)10-14/h1-8,10-11,17H,9H2,(H,20,23)/t17-/m0/s1. The Balaban J connectivity index is 1.73. The fourth-order valence-electron chi connectivity index (χ4n) is 3.14. The van der Waals surface area contributed by atoms with Crippen molar-refractivity contribution in [2.24, 2.45) is 0 Å². The third-order valence-corrected chi connectivity index (χ3v) is 4.41. The van der Waals surface area contributed by atoms with Crippen LogP contribution in [-0.4, -0.2) is 29.0 Å². The fraction of sp³-hybridized carbons (Fsp3) is 0.105. The second-order valence-electron chi connectivity index (χ2n) is 5.86. The first kappa shape index (κ1) is 14.4. The van der Waals surface area contributed by atoms with E-state index in [2.05, 4.69) is 5.32 Å². The molecule has 0 bridgehead atoms. The molecule has 0 saturated carbocycles. The summed E-state index contributed by atoms with van der Waals surface area (Å²) in [6.07, 6.45) is 2.98. The van der Waals surface area contributed by atoms with Gasteiger partial charge in [0.1, 0.15) is 12.3 Å². The van der Waals surface area contributed by atoms with Gasteiger partial charge in [-0.2, -0.15) is 0 Å². The predicted molar refractivity (Wildman–Crippen MR) is 89.5 cm³/mol. The number of para-hydroxylation sites is 1. The summed E-state index contributed by atoms with van der Waals surface area (Å²) in [6, 6.07) is 13.6. The van der Waals surface area contributed by atoms with Crippen molar-refractivity contribution < 1.29 is 14.4 Å². The summed E-state index contributed by atoms with van der Waals surface area (Å²) in [5.41, 5.74) is 3.44. The van der Waals surface area contributed by atoms with Gasteiger partial charge in [0.15, 0.2) is 0 Å². The molecular formula is C19H14N2O3. The molecule has 0 spiro atoms. The molecule has 2 heterocycles. The number of hydrogen-bond acceptors (Lipinski definition) is 3. The molecule has 0 aromatic heterocycles. The van der Waals surface area contributed by atoms with Crippen LogP contribution in [-0.2, 0) is 4.79 Å². The van der Waals surface area contributed by atoms with Crippen LogP contribution in [0.15, 0.2) is 54.7 Å². The molecule has 2 aromatic carbocycles. The van der Waals surface area contributed by atoms with Crippen LogP contribution in [0.2, 0.25) is 0 Å². The maximum Gasteiger partial charge on any atom is 0.260 e. The average Bonchev–Trinajstić information content (AvgIpc) is 3.03. The first-order valence-corrected chi connectivity index (χ1v) is 7.66. The Bertz CT molecular complexity index is 884. The topological polar surface area (TPSA) is 66.5 Å². The highest BCUT2D eigenvalue weighted by Gasteiger charge is 2.38. The molecule has 2 amide bonds. The Hall–Kier alpha value is -3.21. The number of hydrogen-bond donors (Lipinski definition) is 1. The second-order valence-corrected chi connectivity index (χ2v) is 5.86. The van der Waals surface area contributed by atoms with Crippen LogP contribution in [0.3, 0.4) is 0 Å². The van der Waals surface area contributed by atoms with E-state index >= 15 is 0 Å². The molecule has 4 rings (SSSR count). The molecular weight excluding hydrogens is 304 g/mol. The van der Waals surface area contributed by atoms with Crippen molar-refractivity contribution in [2.75, 3.05) is 5.32 Å². The van der Waals surface area contributed by atoms with Crippen molar-refractivity contribution in [1.82, 2.24) is 4.90 Å². The van der Waals surface area contributed by atoms with Gasteiger partial charge in [0.05, 0.1) is 11.3 Å². The van der Waals surface area contributed by atoms with Gasteiger partial charge in [0.25, 0.3) is 5.91 Å². The summed E-state index contributed by atoms with van der Waals surface area (Å²) >= 11 is 0. The molecule has 2 aliphatic heterocycles. The van der Waals surface area contributed by atoms with Crippen LogP contribution in [0.1, 0.15) is 32.7 Å². The van der Waals surface area contributed by atoms with Gasteiger partial charge in [-0.05, 0) is 23.3 Å². The summed E-state index contributed by atoms with van der Waals surface area (Å²) in [6.45, 7) is 0. The van der Waals surface area contributed by atoms with Gasteiger partial charge in [-0.1, -0.05) is 36.4 Å². The van der Waals surface area contributed by atoms with Gasteiger partial charge in [-0.3, -0.25) is 14.4 Å². The largest absolute Gasteiger partial charge is 0.324 e. The maximum atomic E-state index is 12.8. The Morgan fingerprint density at radius 1 is 1.04 bits per heavy atom. The number of fused-ring (bicyclic) bond motifs is 2. The number of aldehydes is 1. The zero-order valence-corrected chi connectivity index (χ0v) is 12.7. The zero-order chi connectivity index (χ0) is 16.7. The van der Waals surface area contributed by atoms with Gasteiger partial charge in [-0.25, -0.2) is 0 Å². The summed E-state index contributed by atoms with van der Waals surface area (Å²) in [5.74, 6) is -0.377. The molecule has 0 unspecified atom stereocenters. The maximum absolute atomic E-state index is 12.8. The Labute approximate surface area is 138 Å². The molecule has 1 atom stereocenters. The van der Waals surface area contributed by atoms with Crippen molar-refractivity contribution in [2.45, 2.75) is 12.5 Å². The van der Waals surface area contributed by atoms with E-state index in [0.717, 1.165) is 17.4 Å². The lowest BCUT2D eigenvalue weighted by Crippen LogP contribution is -2.38. The van der Waals surface area contributed by atoms with E-state index < -0.39 is 6.04 Å². The Morgan fingerprint density at radius 3 is 2.54 bits per heavy atom. The summed E-state index contributed by atoms with van der Waals surface area (Å²) < 4.78 is 0. The van der Waals surface area contributed by atoms with E-state index in [0.29, 0.717) is 23.2 Å². The monoisotopic (exact) mass is 318 g/mol. The van der Waals surface area contributed by atoms with E-state index in [-0.39, 0.29) is 11.8 Å². The van der Waals surface area contributed by atoms with E-state index in [1.807, 2.05) is 12.1 Å². The summed E-state index contributed by atoms with van der Waals surface area (Å²) in [5, 5.41) is 2.83. The number of anilines is 1. The van der Waals surface area contributed by atoms with Crippen molar-refractivity contribution in [3.05, 3.63) is 71.4 Å². The van der Waals surface area contributed by atoms with Crippen molar-refractivity contribution in [3.63, 3.8) is 0 Å². The van der Waals surface area contributed by atoms with Crippen molar-refractivity contribution >= 4 is 29.4 Å². The fourth-order valence-corrected chi connectivity index (χ4v) is 3.14. The summed E-state index contributed by atoms with van der Waals surface area (Å²) in [7, 11) is 0. The normalized spacial score (nSPS) is 19.1. The van der Waals surface area contributed by atoms with Gasteiger partial charge < -0.3 is 10.2 Å². The number of nitrogens with one attached hydrogen (secondary N) is 1. The number of rotatable bonds is 2. The first-order valence-electron chi connectivity index (χ1n) is 7.66. The Kier molecular flexibility index (Phi) is 3.27. The lowest BCUT2D eigenvalue weighted by molar-refractivity contribution is -0.119. The number of nitrogens with zero attached hydrogens (tertiary/aromatic N) is 1. The molecule has 2 aromatic rings. The highest BCUT2D eigenvalue weighted by Crippen LogP contribution is 2.34. The average molecular weight is 318 g/mol. The highest BCUT2D eigenvalue weighted by molar-refractivity contribution is 6.11. The van der Waals surface area contributed by atoms with Crippen molar-refractivity contribution in [3.8, 4) is 0 Å². The molecule has 5 nitrogen and oxygen atoms in total. The smallest absolute Gasteiger partial charge is 0.260 e. The van der Waals surface area contributed by atoms with Crippen LogP contribution in [0.25, 0.3) is 5.57 Å². The number of carbonyl (C=O) groups is 3. The number of carbonyl (C=O) groups excluding carboxylic acids is 3. The van der Waals surface area contributed by atoms with Crippen LogP contribution >= 0.6 is 0 Å². The molecule has 2 aliphatic rings. The molecule has 0 fully saturated rings. The van der Waals surface area contributed by atoms with Gasteiger partial charge in [0.2, 0.25) is 5.91 Å². The molecule has 0 aliphatic carbocycles. The first-order chi connectivity index (χ1) is 11.7. The second kappa shape index (κ2) is 5.45. The molecule has 0 saturated heterocycles. The minimum Gasteiger partial charge on any atom is -0.324 e.